The van der Waals surface area contributed by atoms with E-state index < -0.39 is 11.5 Å². The van der Waals surface area contributed by atoms with Gasteiger partial charge in [0.15, 0.2) is 0 Å². The molecule has 0 spiro atoms. The number of halogens is 1. The quantitative estimate of drug-likeness (QED) is 0.409. The van der Waals surface area contributed by atoms with Crippen molar-refractivity contribution in [3.05, 3.63) is 70.3 Å². The second kappa shape index (κ2) is 8.85. The van der Waals surface area contributed by atoms with Crippen LogP contribution in [0.5, 0.6) is 0 Å². The van der Waals surface area contributed by atoms with Crippen molar-refractivity contribution < 1.29 is 9.90 Å². The number of nitrogens with two attached hydrogens (primary N) is 1. The summed E-state index contributed by atoms with van der Waals surface area (Å²) in [5, 5.41) is 13.0. The molecule has 4 heteroatoms. The van der Waals surface area contributed by atoms with Gasteiger partial charge in [0, 0.05) is 22.2 Å². The highest BCUT2D eigenvalue weighted by Crippen LogP contribution is 2.66. The molecule has 3 aliphatic rings. The number of carbonyl (C=O) groups excluding carboxylic acids is 1. The molecule has 2 aromatic rings. The van der Waals surface area contributed by atoms with Gasteiger partial charge in [-0.25, -0.2) is 0 Å². The van der Waals surface area contributed by atoms with E-state index in [1.54, 1.807) is 6.07 Å². The van der Waals surface area contributed by atoms with Gasteiger partial charge in [0.2, 0.25) is 5.91 Å². The lowest BCUT2D eigenvalue weighted by molar-refractivity contribution is -0.0800. The number of primary amides is 1. The molecular formula is C30H34BrNO2. The van der Waals surface area contributed by atoms with Gasteiger partial charge in [0.05, 0.1) is 0 Å². The number of hydrogen-bond acceptors (Lipinski definition) is 2. The Hall–Kier alpha value is -2.09. The lowest BCUT2D eigenvalue weighted by Crippen LogP contribution is -2.52. The normalized spacial score (nSPS) is 33.9. The standard InChI is InChI=1S/C30H34BrNO2/c1-3-30(34)23(17-20-5-4-6-22(16-20)28(32)33)18-27-26-10-8-21-15-19(12-14-31)7-9-24(21)25(26)11-13-29(27,30)2/h1,4-7,9,15-16,23,25-27,34H,8,10-14,17-18H2,2H3,(H2,32,33). The molecule has 0 heterocycles. The van der Waals surface area contributed by atoms with Crippen molar-refractivity contribution >= 4 is 21.8 Å². The number of carbonyl (C=O) groups is 1. The summed E-state index contributed by atoms with van der Waals surface area (Å²) in [5.74, 6) is 3.93. The maximum atomic E-state index is 12.0. The highest BCUT2D eigenvalue weighted by atomic mass is 79.9. The van der Waals surface area contributed by atoms with Crippen molar-refractivity contribution in [2.24, 2.45) is 28.9 Å². The fourth-order valence-corrected chi connectivity index (χ4v) is 8.18. The van der Waals surface area contributed by atoms with Gasteiger partial charge in [-0.2, -0.15) is 0 Å². The number of rotatable bonds is 5. The first-order valence-corrected chi connectivity index (χ1v) is 13.7. The van der Waals surface area contributed by atoms with Crippen LogP contribution in [0.25, 0.3) is 0 Å². The maximum absolute atomic E-state index is 12.0. The number of benzene rings is 2. The van der Waals surface area contributed by atoms with Crippen LogP contribution in [0.2, 0.25) is 0 Å². The molecule has 34 heavy (non-hydrogen) atoms. The third-order valence-electron chi connectivity index (χ3n) is 9.48. The van der Waals surface area contributed by atoms with Crippen LogP contribution in [0.1, 0.15) is 71.1 Å². The smallest absolute Gasteiger partial charge is 0.248 e. The zero-order valence-corrected chi connectivity index (χ0v) is 21.5. The molecule has 2 aromatic carbocycles. The van der Waals surface area contributed by atoms with Gasteiger partial charge >= 0.3 is 0 Å². The molecular weight excluding hydrogens is 486 g/mol. The Morgan fingerprint density at radius 2 is 2.06 bits per heavy atom. The lowest BCUT2D eigenvalue weighted by Gasteiger charge is -2.52. The average Bonchev–Trinajstić information content (AvgIpc) is 3.06. The Kier molecular flexibility index (Phi) is 6.15. The molecule has 1 amide bonds. The second-order valence-electron chi connectivity index (χ2n) is 11.0. The third-order valence-corrected chi connectivity index (χ3v) is 9.87. The zero-order valence-electron chi connectivity index (χ0n) is 19.9. The number of terminal acetylenes is 1. The first kappa shape index (κ1) is 23.6. The monoisotopic (exact) mass is 519 g/mol. The number of alkyl halides is 1. The van der Waals surface area contributed by atoms with E-state index in [0.29, 0.717) is 29.7 Å². The van der Waals surface area contributed by atoms with Gasteiger partial charge in [-0.1, -0.05) is 59.1 Å². The van der Waals surface area contributed by atoms with Crippen LogP contribution >= 0.6 is 15.9 Å². The molecule has 3 aliphatic carbocycles. The van der Waals surface area contributed by atoms with E-state index in [1.165, 1.54) is 23.1 Å². The van der Waals surface area contributed by atoms with Crippen LogP contribution in [-0.4, -0.2) is 21.9 Å². The molecule has 0 bridgehead atoms. The first-order valence-electron chi connectivity index (χ1n) is 12.6. The van der Waals surface area contributed by atoms with Crippen molar-refractivity contribution in [3.63, 3.8) is 0 Å². The zero-order chi connectivity index (χ0) is 24.1. The summed E-state index contributed by atoms with van der Waals surface area (Å²) < 4.78 is 0. The molecule has 178 valence electrons. The Bertz CT molecular complexity index is 1150. The number of aryl methyl sites for hydroxylation is 2. The summed E-state index contributed by atoms with van der Waals surface area (Å²) in [7, 11) is 0. The molecule has 0 saturated heterocycles. The van der Waals surface area contributed by atoms with E-state index >= 15 is 0 Å². The van der Waals surface area contributed by atoms with Crippen LogP contribution in [0.15, 0.2) is 42.5 Å². The van der Waals surface area contributed by atoms with Crippen LogP contribution in [-0.2, 0) is 19.3 Å². The molecule has 2 saturated carbocycles. The number of aliphatic hydroxyl groups is 1. The fourth-order valence-electron chi connectivity index (χ4n) is 7.72. The SMILES string of the molecule is C#CC1(O)C(Cc2cccc(C(N)=O)c2)CC2C3CCc4cc(CCBr)ccc4C3CCC21C. The molecule has 0 radical (unpaired) electrons. The molecule has 3 N–H and O–H groups in total. The molecule has 0 aliphatic heterocycles. The molecule has 5 rings (SSSR count). The molecule has 3 nitrogen and oxygen atoms in total. The van der Waals surface area contributed by atoms with Crippen LogP contribution in [0, 0.1) is 35.5 Å². The van der Waals surface area contributed by atoms with Crippen LogP contribution < -0.4 is 5.73 Å². The summed E-state index contributed by atoms with van der Waals surface area (Å²) in [4.78, 5) is 11.7. The van der Waals surface area contributed by atoms with Crippen molar-refractivity contribution in [3.8, 4) is 12.3 Å². The minimum absolute atomic E-state index is 0.0305. The van der Waals surface area contributed by atoms with E-state index in [2.05, 4.69) is 47.0 Å². The van der Waals surface area contributed by atoms with Gasteiger partial charge in [-0.3, -0.25) is 4.79 Å². The Morgan fingerprint density at radius 3 is 2.79 bits per heavy atom. The lowest BCUT2D eigenvalue weighted by atomic mass is 9.53. The molecule has 6 unspecified atom stereocenters. The van der Waals surface area contributed by atoms with E-state index in [-0.39, 0.29) is 11.3 Å². The van der Waals surface area contributed by atoms with Gasteiger partial charge in [0.1, 0.15) is 5.60 Å². The highest BCUT2D eigenvalue weighted by Gasteiger charge is 2.65. The summed E-state index contributed by atoms with van der Waals surface area (Å²) >= 11 is 3.57. The summed E-state index contributed by atoms with van der Waals surface area (Å²) in [5.41, 5.74) is 10.0. The van der Waals surface area contributed by atoms with E-state index in [0.717, 1.165) is 43.0 Å². The van der Waals surface area contributed by atoms with Gasteiger partial charge in [0.25, 0.3) is 0 Å². The number of fused-ring (bicyclic) bond motifs is 5. The second-order valence-corrected chi connectivity index (χ2v) is 11.7. The average molecular weight is 521 g/mol. The van der Waals surface area contributed by atoms with Gasteiger partial charge in [-0.05, 0) is 97.1 Å². The summed E-state index contributed by atoms with van der Waals surface area (Å²) in [6, 6.07) is 14.6. The van der Waals surface area contributed by atoms with Crippen molar-refractivity contribution in [2.45, 2.75) is 63.4 Å². The molecule has 6 atom stereocenters. The topological polar surface area (TPSA) is 63.3 Å². The minimum Gasteiger partial charge on any atom is -0.377 e. The van der Waals surface area contributed by atoms with Crippen molar-refractivity contribution in [1.82, 2.24) is 0 Å². The van der Waals surface area contributed by atoms with E-state index in [9.17, 15) is 9.90 Å². The Labute approximate surface area is 211 Å². The maximum Gasteiger partial charge on any atom is 0.248 e. The predicted molar refractivity (Wildman–Crippen MR) is 140 cm³/mol. The first-order chi connectivity index (χ1) is 16.3. The molecule has 0 aromatic heterocycles. The van der Waals surface area contributed by atoms with E-state index in [1.807, 2.05) is 18.2 Å². The Morgan fingerprint density at radius 1 is 1.24 bits per heavy atom. The predicted octanol–water partition coefficient (Wildman–Crippen LogP) is 5.41. The van der Waals surface area contributed by atoms with Crippen LogP contribution in [0.3, 0.4) is 0 Å². The minimum atomic E-state index is -1.15. The fraction of sp³-hybridized carbons (Fsp3) is 0.500. The summed E-state index contributed by atoms with van der Waals surface area (Å²) in [6.45, 7) is 2.24. The van der Waals surface area contributed by atoms with Crippen molar-refractivity contribution in [1.29, 1.82) is 0 Å². The third kappa shape index (κ3) is 3.64. The van der Waals surface area contributed by atoms with Gasteiger partial charge < -0.3 is 10.8 Å². The summed E-state index contributed by atoms with van der Waals surface area (Å²) in [6.07, 6.45) is 13.1. The van der Waals surface area contributed by atoms with Crippen LogP contribution in [0.4, 0.5) is 0 Å². The molecule has 2 fully saturated rings. The highest BCUT2D eigenvalue weighted by molar-refractivity contribution is 9.09. The largest absolute Gasteiger partial charge is 0.377 e. The number of hydrogen-bond donors (Lipinski definition) is 2. The van der Waals surface area contributed by atoms with Gasteiger partial charge in [-0.15, -0.1) is 6.42 Å². The van der Waals surface area contributed by atoms with E-state index in [4.69, 9.17) is 12.2 Å². The Balaban J connectivity index is 1.45. The van der Waals surface area contributed by atoms with Crippen molar-refractivity contribution in [2.75, 3.05) is 5.33 Å². The number of amides is 1.